The average molecular weight is 257 g/mol. The van der Waals surface area contributed by atoms with E-state index in [4.69, 9.17) is 4.74 Å². The zero-order valence-electron chi connectivity index (χ0n) is 8.96. The van der Waals surface area contributed by atoms with E-state index in [-0.39, 0.29) is 0 Å². The molecule has 78 valence electrons. The van der Waals surface area contributed by atoms with Crippen molar-refractivity contribution in [2.24, 2.45) is 5.92 Å². The molecule has 14 heavy (non-hydrogen) atoms. The highest BCUT2D eigenvalue weighted by Crippen LogP contribution is 2.31. The Morgan fingerprint density at radius 1 is 1.21 bits per heavy atom. The molecular formula is C12H17BrO. The molecule has 0 saturated heterocycles. The predicted octanol–water partition coefficient (Wildman–Crippen LogP) is 4.18. The fourth-order valence-corrected chi connectivity index (χ4v) is 1.60. The van der Waals surface area contributed by atoms with Crippen LogP contribution in [0.5, 0.6) is 5.75 Å². The minimum Gasteiger partial charge on any atom is -0.494 e. The molecule has 0 fully saturated rings. The van der Waals surface area contributed by atoms with Crippen molar-refractivity contribution in [1.29, 1.82) is 0 Å². The maximum Gasteiger partial charge on any atom is 0.119 e. The van der Waals surface area contributed by atoms with Gasteiger partial charge in [-0.15, -0.1) is 0 Å². The fraction of sp³-hybridized carbons (Fsp3) is 0.500. The van der Waals surface area contributed by atoms with E-state index in [1.165, 1.54) is 5.56 Å². The van der Waals surface area contributed by atoms with Crippen molar-refractivity contribution in [3.05, 3.63) is 29.8 Å². The molecule has 0 aliphatic carbocycles. The van der Waals surface area contributed by atoms with Crippen LogP contribution in [-0.4, -0.2) is 6.61 Å². The molecule has 0 saturated carbocycles. The van der Waals surface area contributed by atoms with Crippen LogP contribution in [0.3, 0.4) is 0 Å². The molecule has 0 amide bonds. The maximum absolute atomic E-state index is 5.39. The highest BCUT2D eigenvalue weighted by atomic mass is 79.9. The predicted molar refractivity (Wildman–Crippen MR) is 64.1 cm³/mol. The third-order valence-corrected chi connectivity index (χ3v) is 3.68. The van der Waals surface area contributed by atoms with Gasteiger partial charge < -0.3 is 4.74 Å². The van der Waals surface area contributed by atoms with Crippen LogP contribution in [0.25, 0.3) is 0 Å². The van der Waals surface area contributed by atoms with Crippen molar-refractivity contribution in [3.63, 3.8) is 0 Å². The van der Waals surface area contributed by atoms with Crippen LogP contribution in [0.4, 0.5) is 0 Å². The van der Waals surface area contributed by atoms with Crippen molar-refractivity contribution in [2.45, 2.75) is 25.6 Å². The SMILES string of the molecule is CCOc1ccc(C(Br)C(C)C)cc1. The standard InChI is InChI=1S/C12H17BrO/c1-4-14-11-7-5-10(6-8-11)12(13)9(2)3/h5-9,12H,4H2,1-3H3. The smallest absolute Gasteiger partial charge is 0.119 e. The first-order chi connectivity index (χ1) is 6.65. The number of hydrogen-bond donors (Lipinski definition) is 0. The lowest BCUT2D eigenvalue weighted by molar-refractivity contribution is 0.340. The molecule has 0 aromatic heterocycles. The third-order valence-electron chi connectivity index (χ3n) is 2.09. The molecule has 0 bridgehead atoms. The molecule has 0 spiro atoms. The Labute approximate surface area is 94.6 Å². The number of alkyl halides is 1. The third kappa shape index (κ3) is 3.02. The van der Waals surface area contributed by atoms with E-state index < -0.39 is 0 Å². The molecule has 1 unspecified atom stereocenters. The Balaban J connectivity index is 2.72. The average Bonchev–Trinajstić information content (AvgIpc) is 2.18. The minimum absolute atomic E-state index is 0.429. The van der Waals surface area contributed by atoms with Gasteiger partial charge in [0.2, 0.25) is 0 Å². The van der Waals surface area contributed by atoms with Gasteiger partial charge in [-0.25, -0.2) is 0 Å². The van der Waals surface area contributed by atoms with Crippen LogP contribution in [0.2, 0.25) is 0 Å². The number of halogens is 1. The van der Waals surface area contributed by atoms with Crippen LogP contribution >= 0.6 is 15.9 Å². The van der Waals surface area contributed by atoms with Crippen molar-refractivity contribution in [1.82, 2.24) is 0 Å². The Morgan fingerprint density at radius 2 is 1.79 bits per heavy atom. The van der Waals surface area contributed by atoms with Crippen LogP contribution in [0.1, 0.15) is 31.2 Å². The summed E-state index contributed by atoms with van der Waals surface area (Å²) in [6.07, 6.45) is 0. The molecule has 1 aromatic carbocycles. The van der Waals surface area contributed by atoms with Gasteiger partial charge in [-0.3, -0.25) is 0 Å². The number of rotatable bonds is 4. The van der Waals surface area contributed by atoms with Crippen LogP contribution in [0, 0.1) is 5.92 Å². The van der Waals surface area contributed by atoms with Crippen molar-refractivity contribution >= 4 is 15.9 Å². The van der Waals surface area contributed by atoms with Gasteiger partial charge in [-0.05, 0) is 30.5 Å². The zero-order valence-corrected chi connectivity index (χ0v) is 10.5. The van der Waals surface area contributed by atoms with Crippen LogP contribution in [-0.2, 0) is 0 Å². The summed E-state index contributed by atoms with van der Waals surface area (Å²) in [6, 6.07) is 8.28. The molecule has 0 radical (unpaired) electrons. The molecule has 0 heterocycles. The van der Waals surface area contributed by atoms with Gasteiger partial charge in [0.25, 0.3) is 0 Å². The number of ether oxygens (including phenoxy) is 1. The second-order valence-corrected chi connectivity index (χ2v) is 4.63. The lowest BCUT2D eigenvalue weighted by Gasteiger charge is -2.14. The van der Waals surface area contributed by atoms with Crippen LogP contribution < -0.4 is 4.74 Å². The summed E-state index contributed by atoms with van der Waals surface area (Å²) < 4.78 is 5.39. The van der Waals surface area contributed by atoms with Gasteiger partial charge in [0, 0.05) is 4.83 Å². The largest absolute Gasteiger partial charge is 0.494 e. The van der Waals surface area contributed by atoms with E-state index in [0.29, 0.717) is 10.7 Å². The lowest BCUT2D eigenvalue weighted by atomic mass is 10.0. The summed E-state index contributed by atoms with van der Waals surface area (Å²) in [7, 11) is 0. The summed E-state index contributed by atoms with van der Waals surface area (Å²) in [4.78, 5) is 0.429. The molecule has 1 nitrogen and oxygen atoms in total. The summed E-state index contributed by atoms with van der Waals surface area (Å²) in [5.74, 6) is 1.55. The van der Waals surface area contributed by atoms with E-state index in [0.717, 1.165) is 12.4 Å². The Morgan fingerprint density at radius 3 is 2.21 bits per heavy atom. The molecule has 2 heteroatoms. The first kappa shape index (κ1) is 11.6. The molecule has 1 rings (SSSR count). The van der Waals surface area contributed by atoms with Crippen molar-refractivity contribution in [3.8, 4) is 5.75 Å². The second kappa shape index (κ2) is 5.40. The summed E-state index contributed by atoms with van der Waals surface area (Å²) in [5.41, 5.74) is 1.31. The molecule has 1 atom stereocenters. The van der Waals surface area contributed by atoms with Gasteiger partial charge in [0.05, 0.1) is 6.61 Å². The normalized spacial score (nSPS) is 12.9. The summed E-state index contributed by atoms with van der Waals surface area (Å²) in [5, 5.41) is 0. The highest BCUT2D eigenvalue weighted by molar-refractivity contribution is 9.09. The Bertz CT molecular complexity index is 266. The number of benzene rings is 1. The number of hydrogen-bond acceptors (Lipinski definition) is 1. The quantitative estimate of drug-likeness (QED) is 0.735. The first-order valence-corrected chi connectivity index (χ1v) is 5.93. The van der Waals surface area contributed by atoms with Gasteiger partial charge in [-0.2, -0.15) is 0 Å². The van der Waals surface area contributed by atoms with Gasteiger partial charge in [-0.1, -0.05) is 41.9 Å². The van der Waals surface area contributed by atoms with E-state index in [1.807, 2.05) is 19.1 Å². The van der Waals surface area contributed by atoms with Gasteiger partial charge in [0.15, 0.2) is 0 Å². The summed E-state index contributed by atoms with van der Waals surface area (Å²) in [6.45, 7) is 7.13. The second-order valence-electron chi connectivity index (χ2n) is 3.65. The maximum atomic E-state index is 5.39. The van der Waals surface area contributed by atoms with Crippen molar-refractivity contribution < 1.29 is 4.74 Å². The Hall–Kier alpha value is -0.500. The topological polar surface area (TPSA) is 9.23 Å². The van der Waals surface area contributed by atoms with E-state index in [1.54, 1.807) is 0 Å². The molecule has 1 aromatic rings. The highest BCUT2D eigenvalue weighted by Gasteiger charge is 2.11. The van der Waals surface area contributed by atoms with E-state index >= 15 is 0 Å². The first-order valence-electron chi connectivity index (χ1n) is 5.02. The fourth-order valence-electron chi connectivity index (χ4n) is 1.30. The molecule has 0 aliphatic heterocycles. The van der Waals surface area contributed by atoms with Gasteiger partial charge >= 0.3 is 0 Å². The summed E-state index contributed by atoms with van der Waals surface area (Å²) >= 11 is 3.67. The lowest BCUT2D eigenvalue weighted by Crippen LogP contribution is -1.98. The molecular weight excluding hydrogens is 240 g/mol. The zero-order chi connectivity index (χ0) is 10.6. The monoisotopic (exact) mass is 256 g/mol. The minimum atomic E-state index is 0.429. The molecule has 0 aliphatic rings. The Kier molecular flexibility index (Phi) is 4.46. The van der Waals surface area contributed by atoms with E-state index in [2.05, 4.69) is 41.9 Å². The van der Waals surface area contributed by atoms with Gasteiger partial charge in [0.1, 0.15) is 5.75 Å². The van der Waals surface area contributed by atoms with Crippen molar-refractivity contribution in [2.75, 3.05) is 6.61 Å². The van der Waals surface area contributed by atoms with Crippen LogP contribution in [0.15, 0.2) is 24.3 Å². The van der Waals surface area contributed by atoms with E-state index in [9.17, 15) is 0 Å². The molecule has 0 N–H and O–H groups in total.